The Kier molecular flexibility index (Phi) is 2.86. The van der Waals surface area contributed by atoms with Gasteiger partial charge in [0.2, 0.25) is 0 Å². The van der Waals surface area contributed by atoms with Crippen LogP contribution in [-0.4, -0.2) is 13.7 Å². The van der Waals surface area contributed by atoms with E-state index >= 15 is 0 Å². The van der Waals surface area contributed by atoms with Crippen LogP contribution in [0.25, 0.3) is 0 Å². The Labute approximate surface area is 66.8 Å². The molecule has 0 saturated heterocycles. The van der Waals surface area contributed by atoms with Crippen LogP contribution in [0.2, 0.25) is 0 Å². The number of nitrogens with two attached hydrogens (primary N) is 1. The number of rotatable bonds is 2. The fourth-order valence-electron chi connectivity index (χ4n) is 1.43. The van der Waals surface area contributed by atoms with Crippen molar-refractivity contribution in [3.05, 3.63) is 0 Å². The van der Waals surface area contributed by atoms with Gasteiger partial charge in [0.05, 0.1) is 5.25 Å². The van der Waals surface area contributed by atoms with Crippen molar-refractivity contribution in [3.8, 4) is 0 Å². The minimum absolute atomic E-state index is 0.360. The maximum atomic E-state index is 11.0. The van der Waals surface area contributed by atoms with Gasteiger partial charge in [-0.15, -0.1) is 0 Å². The summed E-state index contributed by atoms with van der Waals surface area (Å²) in [5.41, 5.74) is 0. The lowest BCUT2D eigenvalue weighted by molar-refractivity contribution is 0.315. The van der Waals surface area contributed by atoms with Crippen LogP contribution >= 0.6 is 0 Å². The molecule has 0 bridgehead atoms. The maximum absolute atomic E-state index is 11.0. The van der Waals surface area contributed by atoms with E-state index in [1.807, 2.05) is 0 Å². The molecule has 0 unspecified atom stereocenters. The second-order valence-electron chi connectivity index (χ2n) is 2.85. The molecule has 1 aliphatic carbocycles. The summed E-state index contributed by atoms with van der Waals surface area (Å²) in [4.78, 5) is 0. The molecule has 0 spiro atoms. The van der Waals surface area contributed by atoms with Crippen molar-refractivity contribution in [1.82, 2.24) is 0 Å². The summed E-state index contributed by atoms with van der Waals surface area (Å²) in [5.74, 6) is 4.65. The first-order valence-corrected chi connectivity index (χ1v) is 5.26. The number of hydrogen-bond donors (Lipinski definition) is 1. The summed E-state index contributed by atoms with van der Waals surface area (Å²) < 4.78 is 26.0. The minimum Gasteiger partial charge on any atom is -0.198 e. The van der Waals surface area contributed by atoms with E-state index in [1.54, 1.807) is 0 Å². The summed E-state index contributed by atoms with van der Waals surface area (Å²) >= 11 is 0. The third kappa shape index (κ3) is 2.15. The molecule has 4 nitrogen and oxygen atoms in total. The lowest BCUT2D eigenvalue weighted by Gasteiger charge is -2.19. The van der Waals surface area contributed by atoms with E-state index in [-0.39, 0.29) is 5.25 Å². The zero-order valence-corrected chi connectivity index (χ0v) is 7.14. The second kappa shape index (κ2) is 3.51. The molecule has 5 heteroatoms. The van der Waals surface area contributed by atoms with Gasteiger partial charge in [-0.05, 0) is 12.8 Å². The van der Waals surface area contributed by atoms with Gasteiger partial charge in [0.1, 0.15) is 0 Å². The highest BCUT2D eigenvalue weighted by molar-refractivity contribution is 7.87. The SMILES string of the molecule is NOS(=O)(=O)C1CCCCC1. The van der Waals surface area contributed by atoms with E-state index < -0.39 is 10.1 Å². The van der Waals surface area contributed by atoms with Gasteiger partial charge in [-0.3, -0.25) is 0 Å². The first kappa shape index (κ1) is 8.96. The van der Waals surface area contributed by atoms with E-state index in [2.05, 4.69) is 10.2 Å². The third-order valence-electron chi connectivity index (χ3n) is 2.09. The molecule has 0 aromatic rings. The number of hydrogen-bond acceptors (Lipinski definition) is 4. The molecule has 11 heavy (non-hydrogen) atoms. The lowest BCUT2D eigenvalue weighted by Crippen LogP contribution is -2.27. The van der Waals surface area contributed by atoms with Crippen molar-refractivity contribution in [3.63, 3.8) is 0 Å². The van der Waals surface area contributed by atoms with E-state index in [0.717, 1.165) is 19.3 Å². The van der Waals surface area contributed by atoms with Gasteiger partial charge in [0.15, 0.2) is 0 Å². The van der Waals surface area contributed by atoms with Gasteiger partial charge in [0, 0.05) is 0 Å². The van der Waals surface area contributed by atoms with E-state index in [9.17, 15) is 8.42 Å². The molecule has 0 radical (unpaired) electrons. The van der Waals surface area contributed by atoms with Crippen molar-refractivity contribution in [2.45, 2.75) is 37.4 Å². The lowest BCUT2D eigenvalue weighted by atomic mass is 10.0. The zero-order valence-electron chi connectivity index (χ0n) is 6.32. The first-order chi connectivity index (χ1) is 5.17. The molecule has 0 aromatic carbocycles. The molecule has 0 amide bonds. The van der Waals surface area contributed by atoms with Crippen molar-refractivity contribution in [1.29, 1.82) is 0 Å². The first-order valence-electron chi connectivity index (χ1n) is 3.79. The summed E-state index contributed by atoms with van der Waals surface area (Å²) in [6.45, 7) is 0. The average molecular weight is 179 g/mol. The summed E-state index contributed by atoms with van der Waals surface area (Å²) in [5, 5.41) is -0.360. The van der Waals surface area contributed by atoms with Crippen LogP contribution in [0.15, 0.2) is 0 Å². The predicted octanol–water partition coefficient (Wildman–Crippen LogP) is 0.539. The van der Waals surface area contributed by atoms with Crippen LogP contribution < -0.4 is 5.90 Å². The quantitative estimate of drug-likeness (QED) is 0.628. The molecule has 1 fully saturated rings. The van der Waals surface area contributed by atoms with E-state index in [1.165, 1.54) is 0 Å². The largest absolute Gasteiger partial charge is 0.285 e. The molecular weight excluding hydrogens is 166 g/mol. The fraction of sp³-hybridized carbons (Fsp3) is 1.00. The molecule has 0 heterocycles. The fourth-order valence-corrected chi connectivity index (χ4v) is 2.50. The average Bonchev–Trinajstić information content (AvgIpc) is 2.06. The highest BCUT2D eigenvalue weighted by atomic mass is 32.2. The molecule has 0 aliphatic heterocycles. The van der Waals surface area contributed by atoms with Gasteiger partial charge in [0.25, 0.3) is 10.1 Å². The molecule has 2 N–H and O–H groups in total. The third-order valence-corrected chi connectivity index (χ3v) is 3.65. The van der Waals surface area contributed by atoms with E-state index in [4.69, 9.17) is 0 Å². The zero-order chi connectivity index (χ0) is 8.32. The molecule has 0 atom stereocenters. The Hall–Kier alpha value is -0.130. The van der Waals surface area contributed by atoms with Gasteiger partial charge >= 0.3 is 0 Å². The van der Waals surface area contributed by atoms with Crippen LogP contribution in [0.4, 0.5) is 0 Å². The van der Waals surface area contributed by atoms with E-state index in [0.29, 0.717) is 12.8 Å². The highest BCUT2D eigenvalue weighted by Gasteiger charge is 2.27. The van der Waals surface area contributed by atoms with Crippen molar-refractivity contribution in [2.75, 3.05) is 0 Å². The molecule has 66 valence electrons. The Bertz CT molecular complexity index is 206. The second-order valence-corrected chi connectivity index (χ2v) is 4.69. The van der Waals surface area contributed by atoms with Crippen LogP contribution in [0.5, 0.6) is 0 Å². The molecule has 0 aromatic heterocycles. The monoisotopic (exact) mass is 179 g/mol. The molecular formula is C6H13NO3S. The Balaban J connectivity index is 2.58. The van der Waals surface area contributed by atoms with Crippen LogP contribution in [0.3, 0.4) is 0 Å². The standard InChI is InChI=1S/C6H13NO3S/c7-10-11(8,9)6-4-2-1-3-5-6/h6H,1-5,7H2. The Morgan fingerprint density at radius 1 is 1.18 bits per heavy atom. The van der Waals surface area contributed by atoms with Gasteiger partial charge in [-0.1, -0.05) is 19.3 Å². The Morgan fingerprint density at radius 3 is 2.18 bits per heavy atom. The molecule has 1 rings (SSSR count). The normalized spacial score (nSPS) is 21.9. The van der Waals surface area contributed by atoms with Crippen molar-refractivity contribution < 1.29 is 12.7 Å². The summed E-state index contributed by atoms with van der Waals surface area (Å²) in [7, 11) is -3.44. The van der Waals surface area contributed by atoms with Crippen molar-refractivity contribution >= 4 is 10.1 Å². The smallest absolute Gasteiger partial charge is 0.198 e. The maximum Gasteiger partial charge on any atom is 0.285 e. The topological polar surface area (TPSA) is 69.4 Å². The predicted molar refractivity (Wildman–Crippen MR) is 41.1 cm³/mol. The Morgan fingerprint density at radius 2 is 1.73 bits per heavy atom. The van der Waals surface area contributed by atoms with Crippen LogP contribution in [0.1, 0.15) is 32.1 Å². The van der Waals surface area contributed by atoms with Gasteiger partial charge in [-0.2, -0.15) is 18.6 Å². The molecule has 1 aliphatic rings. The van der Waals surface area contributed by atoms with Crippen LogP contribution in [0, 0.1) is 0 Å². The van der Waals surface area contributed by atoms with Gasteiger partial charge in [-0.25, -0.2) is 0 Å². The van der Waals surface area contributed by atoms with Gasteiger partial charge < -0.3 is 0 Å². The molecule has 1 saturated carbocycles. The van der Waals surface area contributed by atoms with Crippen molar-refractivity contribution in [2.24, 2.45) is 5.90 Å². The summed E-state index contributed by atoms with van der Waals surface area (Å²) in [6, 6.07) is 0. The highest BCUT2D eigenvalue weighted by Crippen LogP contribution is 2.23. The summed E-state index contributed by atoms with van der Waals surface area (Å²) in [6.07, 6.45) is 4.44. The minimum atomic E-state index is -3.44. The van der Waals surface area contributed by atoms with Crippen LogP contribution in [-0.2, 0) is 14.4 Å².